The summed E-state index contributed by atoms with van der Waals surface area (Å²) >= 11 is 0. The summed E-state index contributed by atoms with van der Waals surface area (Å²) in [6.45, 7) is 1.45. The van der Waals surface area contributed by atoms with Gasteiger partial charge in [0.2, 0.25) is 0 Å². The van der Waals surface area contributed by atoms with Gasteiger partial charge in [-0.15, -0.1) is 12.4 Å². The Labute approximate surface area is 169 Å². The van der Waals surface area contributed by atoms with Crippen molar-refractivity contribution >= 4 is 30.1 Å². The highest BCUT2D eigenvalue weighted by Crippen LogP contribution is 2.26. The van der Waals surface area contributed by atoms with Gasteiger partial charge in [-0.2, -0.15) is 0 Å². The molecule has 28 heavy (non-hydrogen) atoms. The van der Waals surface area contributed by atoms with Crippen LogP contribution in [0, 0.1) is 0 Å². The van der Waals surface area contributed by atoms with E-state index in [2.05, 4.69) is 0 Å². The number of piperidine rings is 1. The van der Waals surface area contributed by atoms with Crippen molar-refractivity contribution in [2.75, 3.05) is 13.1 Å². The fraction of sp³-hybridized carbons (Fsp3) is 0.286. The lowest BCUT2D eigenvalue weighted by Crippen LogP contribution is -2.42. The van der Waals surface area contributed by atoms with E-state index in [1.807, 2.05) is 30.3 Å². The maximum atomic E-state index is 12.8. The summed E-state index contributed by atoms with van der Waals surface area (Å²) in [6, 6.07) is 14.3. The van der Waals surface area contributed by atoms with Gasteiger partial charge >= 0.3 is 0 Å². The molecule has 2 aliphatic rings. The molecule has 3 amide bonds. The predicted molar refractivity (Wildman–Crippen MR) is 107 cm³/mol. The zero-order valence-electron chi connectivity index (χ0n) is 15.3. The third-order valence-corrected chi connectivity index (χ3v) is 5.23. The molecule has 2 aliphatic heterocycles. The zero-order chi connectivity index (χ0) is 19.0. The maximum Gasteiger partial charge on any atom is 0.261 e. The number of benzene rings is 2. The Morgan fingerprint density at radius 3 is 2.29 bits per heavy atom. The summed E-state index contributed by atoms with van der Waals surface area (Å²) in [5.41, 5.74) is 7.87. The molecule has 4 rings (SSSR count). The molecule has 7 heteroatoms. The van der Waals surface area contributed by atoms with Gasteiger partial charge in [0.05, 0.1) is 17.7 Å². The highest BCUT2D eigenvalue weighted by molar-refractivity contribution is 6.22. The van der Waals surface area contributed by atoms with Gasteiger partial charge in [-0.05, 0) is 36.6 Å². The van der Waals surface area contributed by atoms with Crippen LogP contribution in [0.5, 0.6) is 0 Å². The highest BCUT2D eigenvalue weighted by atomic mass is 35.5. The predicted octanol–water partition coefficient (Wildman–Crippen LogP) is 2.47. The van der Waals surface area contributed by atoms with Crippen LogP contribution in [0.15, 0.2) is 48.5 Å². The van der Waals surface area contributed by atoms with E-state index in [4.69, 9.17) is 5.73 Å². The van der Waals surface area contributed by atoms with Crippen LogP contribution in [0.3, 0.4) is 0 Å². The normalized spacial score (nSPS) is 16.8. The van der Waals surface area contributed by atoms with Gasteiger partial charge in [0.25, 0.3) is 17.7 Å². The minimum atomic E-state index is -0.353. The summed E-state index contributed by atoms with van der Waals surface area (Å²) in [5, 5.41) is 0. The van der Waals surface area contributed by atoms with E-state index in [1.54, 1.807) is 23.1 Å². The number of imide groups is 1. The highest BCUT2D eigenvalue weighted by Gasteiger charge is 2.36. The second kappa shape index (κ2) is 8.12. The molecule has 0 radical (unpaired) electrons. The lowest BCUT2D eigenvalue weighted by Gasteiger charge is -2.30. The standard InChI is InChI=1S/C21H21N3O3.ClH/c22-16-8-10-23(11-9-16)19(25)15-6-7-17-18(12-15)21(27)24(20(17)26)13-14-4-2-1-3-5-14;/h1-7,12,16H,8-11,13,22H2;1H. The monoisotopic (exact) mass is 399 g/mol. The molecule has 2 aromatic rings. The molecular formula is C21H22ClN3O3. The molecule has 0 unspecified atom stereocenters. The summed E-state index contributed by atoms with van der Waals surface area (Å²) in [7, 11) is 0. The van der Waals surface area contributed by atoms with E-state index in [0.29, 0.717) is 29.8 Å². The number of fused-ring (bicyclic) bond motifs is 1. The average molecular weight is 400 g/mol. The SMILES string of the molecule is Cl.NC1CCN(C(=O)c2ccc3c(c2)C(=O)N(Cc2ccccc2)C3=O)CC1. The van der Waals surface area contributed by atoms with Crippen molar-refractivity contribution < 1.29 is 14.4 Å². The molecule has 0 bridgehead atoms. The van der Waals surface area contributed by atoms with Crippen molar-refractivity contribution in [3.63, 3.8) is 0 Å². The van der Waals surface area contributed by atoms with Crippen LogP contribution in [0.25, 0.3) is 0 Å². The van der Waals surface area contributed by atoms with Gasteiger partial charge in [-0.1, -0.05) is 30.3 Å². The van der Waals surface area contributed by atoms with Gasteiger partial charge in [0, 0.05) is 24.7 Å². The smallest absolute Gasteiger partial charge is 0.261 e. The molecule has 2 heterocycles. The summed E-state index contributed by atoms with van der Waals surface area (Å²) in [4.78, 5) is 41.1. The van der Waals surface area contributed by atoms with Gasteiger partial charge in [-0.3, -0.25) is 19.3 Å². The zero-order valence-corrected chi connectivity index (χ0v) is 16.2. The number of halogens is 1. The van der Waals surface area contributed by atoms with Gasteiger partial charge in [0.15, 0.2) is 0 Å². The number of hydrogen-bond donors (Lipinski definition) is 1. The number of hydrogen-bond acceptors (Lipinski definition) is 4. The van der Waals surface area contributed by atoms with Crippen LogP contribution in [0.4, 0.5) is 0 Å². The largest absolute Gasteiger partial charge is 0.339 e. The minimum absolute atomic E-state index is 0. The van der Waals surface area contributed by atoms with E-state index in [0.717, 1.165) is 18.4 Å². The van der Waals surface area contributed by atoms with Crippen LogP contribution in [0.2, 0.25) is 0 Å². The Bertz CT molecular complexity index is 908. The van der Waals surface area contributed by atoms with Gasteiger partial charge in [0.1, 0.15) is 0 Å². The van der Waals surface area contributed by atoms with Crippen LogP contribution in [-0.2, 0) is 6.54 Å². The molecule has 0 saturated carbocycles. The molecule has 6 nitrogen and oxygen atoms in total. The first kappa shape index (κ1) is 20.0. The lowest BCUT2D eigenvalue weighted by atomic mass is 10.0. The Hall–Kier alpha value is -2.70. The van der Waals surface area contributed by atoms with E-state index in [1.165, 1.54) is 4.90 Å². The third-order valence-electron chi connectivity index (χ3n) is 5.23. The molecule has 0 spiro atoms. The molecule has 1 saturated heterocycles. The van der Waals surface area contributed by atoms with Gasteiger partial charge in [-0.25, -0.2) is 0 Å². The second-order valence-corrected chi connectivity index (χ2v) is 7.07. The van der Waals surface area contributed by atoms with E-state index >= 15 is 0 Å². The second-order valence-electron chi connectivity index (χ2n) is 7.07. The van der Waals surface area contributed by atoms with Crippen molar-refractivity contribution in [2.45, 2.75) is 25.4 Å². The number of likely N-dealkylation sites (tertiary alicyclic amines) is 1. The van der Waals surface area contributed by atoms with Crippen LogP contribution < -0.4 is 5.73 Å². The van der Waals surface area contributed by atoms with Crippen LogP contribution in [-0.4, -0.2) is 46.7 Å². The fourth-order valence-electron chi connectivity index (χ4n) is 3.62. The van der Waals surface area contributed by atoms with Crippen molar-refractivity contribution in [1.29, 1.82) is 0 Å². The average Bonchev–Trinajstić information content (AvgIpc) is 2.93. The Kier molecular flexibility index (Phi) is 5.82. The fourth-order valence-corrected chi connectivity index (χ4v) is 3.62. The van der Waals surface area contributed by atoms with Crippen molar-refractivity contribution in [3.05, 3.63) is 70.8 Å². The third kappa shape index (κ3) is 3.66. The lowest BCUT2D eigenvalue weighted by molar-refractivity contribution is 0.0641. The summed E-state index contributed by atoms with van der Waals surface area (Å²) in [6.07, 6.45) is 1.55. The number of carbonyl (C=O) groups excluding carboxylic acids is 3. The topological polar surface area (TPSA) is 83.7 Å². The molecule has 0 aromatic heterocycles. The molecular weight excluding hydrogens is 378 g/mol. The maximum absolute atomic E-state index is 12.8. The first-order valence-electron chi connectivity index (χ1n) is 9.13. The Balaban J connectivity index is 0.00000225. The first-order chi connectivity index (χ1) is 13.0. The minimum Gasteiger partial charge on any atom is -0.339 e. The molecule has 146 valence electrons. The molecule has 2 aromatic carbocycles. The van der Waals surface area contributed by atoms with E-state index in [9.17, 15) is 14.4 Å². The quantitative estimate of drug-likeness (QED) is 0.803. The first-order valence-corrected chi connectivity index (χ1v) is 9.13. The number of carbonyl (C=O) groups is 3. The molecule has 0 aliphatic carbocycles. The number of nitrogens with two attached hydrogens (primary N) is 1. The number of rotatable bonds is 3. The summed E-state index contributed by atoms with van der Waals surface area (Å²) in [5.74, 6) is -0.789. The molecule has 0 atom stereocenters. The van der Waals surface area contributed by atoms with Crippen molar-refractivity contribution in [2.24, 2.45) is 5.73 Å². The number of nitrogens with zero attached hydrogens (tertiary/aromatic N) is 2. The molecule has 2 N–H and O–H groups in total. The van der Waals surface area contributed by atoms with Gasteiger partial charge < -0.3 is 10.6 Å². The van der Waals surface area contributed by atoms with Crippen LogP contribution in [0.1, 0.15) is 49.5 Å². The van der Waals surface area contributed by atoms with E-state index in [-0.39, 0.29) is 42.7 Å². The van der Waals surface area contributed by atoms with Crippen molar-refractivity contribution in [1.82, 2.24) is 9.80 Å². The van der Waals surface area contributed by atoms with Crippen molar-refractivity contribution in [3.8, 4) is 0 Å². The summed E-state index contributed by atoms with van der Waals surface area (Å²) < 4.78 is 0. The molecule has 1 fully saturated rings. The number of amides is 3. The van der Waals surface area contributed by atoms with E-state index < -0.39 is 0 Å². The Morgan fingerprint density at radius 1 is 0.964 bits per heavy atom. The van der Waals surface area contributed by atoms with Crippen LogP contribution >= 0.6 is 12.4 Å². The Morgan fingerprint density at radius 2 is 1.61 bits per heavy atom.